The molecule has 3 aliphatic rings. The fraction of sp³-hybridized carbons (Fsp3) is 0.279. The van der Waals surface area contributed by atoms with Crippen molar-refractivity contribution in [1.82, 2.24) is 14.4 Å². The van der Waals surface area contributed by atoms with Crippen LogP contribution in [0.2, 0.25) is 0 Å². The van der Waals surface area contributed by atoms with Crippen LogP contribution in [0, 0.1) is 0 Å². The average Bonchev–Trinajstić information content (AvgIpc) is 3.56. The highest BCUT2D eigenvalue weighted by atomic mass is 16.6. The van der Waals surface area contributed by atoms with Gasteiger partial charge in [0.05, 0.1) is 5.56 Å². The van der Waals surface area contributed by atoms with Crippen molar-refractivity contribution in [3.63, 3.8) is 0 Å². The van der Waals surface area contributed by atoms with Gasteiger partial charge in [0.2, 0.25) is 0 Å². The highest BCUT2D eigenvalue weighted by molar-refractivity contribution is 6.08. The number of ether oxygens (including phenoxy) is 1. The lowest BCUT2D eigenvalue weighted by Crippen LogP contribution is -2.43. The summed E-state index contributed by atoms with van der Waals surface area (Å²) < 4.78 is 7.92. The van der Waals surface area contributed by atoms with Gasteiger partial charge in [-0.2, -0.15) is 0 Å². The SMILES string of the molecule is C[C@@H]1Cc2ccccc2CN1C(=O)c1cc2c(cc1-c1cc(C(=O)N(C)c3ccc(O)cc3)c3n1CCCC3)CCN(C(=O)Oc1ccccc1)C2. The van der Waals surface area contributed by atoms with E-state index in [1.165, 1.54) is 5.56 Å². The van der Waals surface area contributed by atoms with Crippen LogP contribution in [-0.4, -0.2) is 57.0 Å². The molecule has 5 aromatic rings. The number of aromatic hydroxyl groups is 1. The second kappa shape index (κ2) is 13.7. The van der Waals surface area contributed by atoms with E-state index in [9.17, 15) is 19.5 Å². The molecule has 52 heavy (non-hydrogen) atoms. The predicted molar refractivity (Wildman–Crippen MR) is 200 cm³/mol. The van der Waals surface area contributed by atoms with Crippen LogP contribution in [0.4, 0.5) is 10.5 Å². The molecule has 8 rings (SSSR count). The van der Waals surface area contributed by atoms with Gasteiger partial charge in [-0.25, -0.2) is 4.79 Å². The van der Waals surface area contributed by atoms with Crippen molar-refractivity contribution < 1.29 is 24.2 Å². The number of carbonyl (C=O) groups excluding carboxylic acids is 3. The Labute approximate surface area is 303 Å². The van der Waals surface area contributed by atoms with Gasteiger partial charge in [-0.05, 0) is 116 Å². The lowest BCUT2D eigenvalue weighted by Gasteiger charge is -2.36. The van der Waals surface area contributed by atoms with E-state index in [0.717, 1.165) is 65.9 Å². The summed E-state index contributed by atoms with van der Waals surface area (Å²) in [4.78, 5) is 47.6. The van der Waals surface area contributed by atoms with Gasteiger partial charge in [0.15, 0.2) is 0 Å². The number of phenols is 1. The van der Waals surface area contributed by atoms with Crippen molar-refractivity contribution >= 4 is 23.6 Å². The Morgan fingerprint density at radius 1 is 0.769 bits per heavy atom. The average molecular weight is 695 g/mol. The third kappa shape index (κ3) is 6.21. The maximum atomic E-state index is 14.9. The molecule has 9 nitrogen and oxygen atoms in total. The normalized spacial score (nSPS) is 16.4. The third-order valence-corrected chi connectivity index (χ3v) is 10.9. The fourth-order valence-corrected chi connectivity index (χ4v) is 7.97. The number of anilines is 1. The maximum absolute atomic E-state index is 14.9. The summed E-state index contributed by atoms with van der Waals surface area (Å²) in [5.74, 6) is 0.426. The standard InChI is InChI=1S/C43H42N4O5/c1-28-22-29-10-6-7-11-31(29)27-47(28)42(50)37-24-32-26-45(43(51)52-35-12-4-3-5-13-35)21-19-30(32)23-36(37)40-25-38(39-14-8-9-20-46(39)40)41(49)44(2)33-15-17-34(48)18-16-33/h3-7,10-13,15-18,23-25,28,48H,8-9,14,19-22,26-27H2,1-2H3/t28-/m1/s1. The van der Waals surface area contributed by atoms with Crippen LogP contribution < -0.4 is 9.64 Å². The second-order valence-corrected chi connectivity index (χ2v) is 14.2. The summed E-state index contributed by atoms with van der Waals surface area (Å²) in [6, 6.07) is 30.0. The summed E-state index contributed by atoms with van der Waals surface area (Å²) >= 11 is 0. The molecule has 4 aromatic carbocycles. The summed E-state index contributed by atoms with van der Waals surface area (Å²) in [5, 5.41) is 9.83. The van der Waals surface area contributed by atoms with Gasteiger partial charge in [0, 0.05) is 67.5 Å². The van der Waals surface area contributed by atoms with Gasteiger partial charge in [0.1, 0.15) is 11.5 Å². The molecule has 0 unspecified atom stereocenters. The van der Waals surface area contributed by atoms with Gasteiger partial charge in [0.25, 0.3) is 11.8 Å². The first-order valence-corrected chi connectivity index (χ1v) is 18.1. The zero-order chi connectivity index (χ0) is 35.9. The zero-order valence-corrected chi connectivity index (χ0v) is 29.5. The minimum absolute atomic E-state index is 0.0130. The van der Waals surface area contributed by atoms with Crippen LogP contribution in [0.1, 0.15) is 68.4 Å². The number of nitrogens with zero attached hydrogens (tertiary/aromatic N) is 4. The van der Waals surface area contributed by atoms with Crippen molar-refractivity contribution in [1.29, 1.82) is 0 Å². The molecule has 9 heteroatoms. The molecule has 0 fully saturated rings. The Morgan fingerprint density at radius 2 is 1.52 bits per heavy atom. The Bertz CT molecular complexity index is 2170. The number of rotatable bonds is 5. The Morgan fingerprint density at radius 3 is 2.31 bits per heavy atom. The Balaban J connectivity index is 1.20. The lowest BCUT2D eigenvalue weighted by molar-refractivity contribution is 0.0658. The number of hydrogen-bond acceptors (Lipinski definition) is 5. The van der Waals surface area contributed by atoms with E-state index in [1.807, 2.05) is 47.4 Å². The maximum Gasteiger partial charge on any atom is 0.415 e. The van der Waals surface area contributed by atoms with Gasteiger partial charge < -0.3 is 29.1 Å². The molecule has 1 atom stereocenters. The summed E-state index contributed by atoms with van der Waals surface area (Å²) in [6.45, 7) is 4.17. The molecule has 0 spiro atoms. The van der Waals surface area contributed by atoms with E-state index < -0.39 is 6.09 Å². The Kier molecular flexibility index (Phi) is 8.79. The molecule has 0 bridgehead atoms. The second-order valence-electron chi connectivity index (χ2n) is 14.2. The Hall–Kier alpha value is -5.83. The smallest absolute Gasteiger partial charge is 0.415 e. The highest BCUT2D eigenvalue weighted by Crippen LogP contribution is 2.38. The topological polar surface area (TPSA) is 95.3 Å². The van der Waals surface area contributed by atoms with Gasteiger partial charge >= 0.3 is 6.09 Å². The molecular formula is C43H42N4O5. The molecule has 3 aliphatic heterocycles. The van der Waals surface area contributed by atoms with Crippen molar-refractivity contribution in [2.75, 3.05) is 18.5 Å². The van der Waals surface area contributed by atoms with E-state index in [4.69, 9.17) is 4.74 Å². The van der Waals surface area contributed by atoms with Crippen LogP contribution in [0.5, 0.6) is 11.5 Å². The molecular weight excluding hydrogens is 652 g/mol. The number of phenolic OH excluding ortho intramolecular Hbond substituents is 1. The number of para-hydroxylation sites is 1. The molecule has 0 saturated heterocycles. The molecule has 1 aromatic heterocycles. The van der Waals surface area contributed by atoms with Crippen LogP contribution >= 0.6 is 0 Å². The van der Waals surface area contributed by atoms with E-state index >= 15 is 0 Å². The van der Waals surface area contributed by atoms with Gasteiger partial charge in [-0.3, -0.25) is 9.59 Å². The van der Waals surface area contributed by atoms with Crippen LogP contribution in [0.3, 0.4) is 0 Å². The first-order valence-electron chi connectivity index (χ1n) is 18.1. The van der Waals surface area contributed by atoms with Crippen molar-refractivity contribution in [3.05, 3.63) is 136 Å². The summed E-state index contributed by atoms with van der Waals surface area (Å²) in [6.07, 6.45) is 3.67. The first kappa shape index (κ1) is 33.3. The molecule has 0 radical (unpaired) electrons. The molecule has 264 valence electrons. The first-order chi connectivity index (χ1) is 25.2. The number of fused-ring (bicyclic) bond motifs is 3. The minimum atomic E-state index is -0.420. The largest absolute Gasteiger partial charge is 0.508 e. The van der Waals surface area contributed by atoms with E-state index in [2.05, 4.69) is 29.7 Å². The molecule has 4 heterocycles. The van der Waals surface area contributed by atoms with Gasteiger partial charge in [-0.15, -0.1) is 0 Å². The van der Waals surface area contributed by atoms with Crippen molar-refractivity contribution in [2.45, 2.75) is 64.7 Å². The number of benzene rings is 4. The summed E-state index contributed by atoms with van der Waals surface area (Å²) in [7, 11) is 1.75. The molecule has 1 N–H and O–H groups in total. The monoisotopic (exact) mass is 694 g/mol. The lowest BCUT2D eigenvalue weighted by atomic mass is 9.90. The highest BCUT2D eigenvalue weighted by Gasteiger charge is 2.33. The third-order valence-electron chi connectivity index (χ3n) is 10.9. The predicted octanol–water partition coefficient (Wildman–Crippen LogP) is 7.62. The zero-order valence-electron chi connectivity index (χ0n) is 29.5. The van der Waals surface area contributed by atoms with Gasteiger partial charge in [-0.1, -0.05) is 42.5 Å². The van der Waals surface area contributed by atoms with E-state index in [1.54, 1.807) is 53.2 Å². The van der Waals surface area contributed by atoms with Crippen molar-refractivity contribution in [3.8, 4) is 22.8 Å². The van der Waals surface area contributed by atoms with E-state index in [0.29, 0.717) is 48.6 Å². The van der Waals surface area contributed by atoms with E-state index in [-0.39, 0.29) is 23.6 Å². The number of carbonyl (C=O) groups is 3. The van der Waals surface area contributed by atoms with Crippen LogP contribution in [0.25, 0.3) is 11.3 Å². The van der Waals surface area contributed by atoms with Crippen LogP contribution in [0.15, 0.2) is 97.1 Å². The number of amides is 3. The molecule has 0 aliphatic carbocycles. The number of aromatic nitrogens is 1. The molecule has 0 saturated carbocycles. The minimum Gasteiger partial charge on any atom is -0.508 e. The number of hydrogen-bond donors (Lipinski definition) is 1. The fourth-order valence-electron chi connectivity index (χ4n) is 7.97. The summed E-state index contributed by atoms with van der Waals surface area (Å²) in [5.41, 5.74) is 8.92. The quantitative estimate of drug-likeness (QED) is 0.204. The molecule has 3 amide bonds. The van der Waals surface area contributed by atoms with Crippen LogP contribution in [-0.2, 0) is 38.9 Å². The van der Waals surface area contributed by atoms with Crippen molar-refractivity contribution in [2.24, 2.45) is 0 Å².